The van der Waals surface area contributed by atoms with E-state index in [2.05, 4.69) is 10.6 Å². The molecule has 3 amide bonds. The first-order valence-corrected chi connectivity index (χ1v) is 9.66. The van der Waals surface area contributed by atoms with Crippen LogP contribution in [-0.2, 0) is 20.9 Å². The highest BCUT2D eigenvalue weighted by Gasteiger charge is 2.24. The van der Waals surface area contributed by atoms with Crippen LogP contribution in [0.15, 0.2) is 53.1 Å². The molecule has 154 valence electrons. The zero-order valence-electron chi connectivity index (χ0n) is 16.1. The van der Waals surface area contributed by atoms with Crippen molar-refractivity contribution < 1.29 is 23.5 Å². The van der Waals surface area contributed by atoms with E-state index in [0.717, 1.165) is 12.8 Å². The van der Waals surface area contributed by atoms with Crippen molar-refractivity contribution in [2.75, 3.05) is 26.2 Å². The number of hydrogen-bond acceptors (Lipinski definition) is 5. The van der Waals surface area contributed by atoms with Gasteiger partial charge in [0.15, 0.2) is 6.61 Å². The normalized spacial score (nSPS) is 14.3. The molecule has 0 aliphatic carbocycles. The Morgan fingerprint density at radius 1 is 1.00 bits per heavy atom. The lowest BCUT2D eigenvalue weighted by Gasteiger charge is -2.32. The molecule has 0 unspecified atom stereocenters. The molecule has 8 nitrogen and oxygen atoms in total. The topological polar surface area (TPSA) is 101 Å². The maximum Gasteiger partial charge on any atom is 0.309 e. The van der Waals surface area contributed by atoms with Gasteiger partial charge in [0.05, 0.1) is 12.8 Å². The molecule has 0 bridgehead atoms. The molecule has 2 aromatic rings. The van der Waals surface area contributed by atoms with Crippen molar-refractivity contribution in [3.8, 4) is 5.75 Å². The summed E-state index contributed by atoms with van der Waals surface area (Å²) in [7, 11) is 0. The van der Waals surface area contributed by atoms with Gasteiger partial charge >= 0.3 is 11.8 Å². The molecule has 0 spiro atoms. The average molecular weight is 399 g/mol. The Hall–Kier alpha value is -3.29. The van der Waals surface area contributed by atoms with Gasteiger partial charge < -0.3 is 24.7 Å². The molecule has 1 aromatic carbocycles. The van der Waals surface area contributed by atoms with Crippen LogP contribution in [0.4, 0.5) is 0 Å². The van der Waals surface area contributed by atoms with E-state index in [-0.39, 0.29) is 25.0 Å². The largest absolute Gasteiger partial charge is 0.484 e. The molecule has 0 saturated carbocycles. The summed E-state index contributed by atoms with van der Waals surface area (Å²) in [5.74, 6) is 0.0890. The lowest BCUT2D eigenvalue weighted by Crippen LogP contribution is -2.45. The maximum absolute atomic E-state index is 12.3. The van der Waals surface area contributed by atoms with Crippen LogP contribution in [0.5, 0.6) is 5.75 Å². The number of furan rings is 1. The molecule has 29 heavy (non-hydrogen) atoms. The van der Waals surface area contributed by atoms with Crippen LogP contribution < -0.4 is 15.4 Å². The number of amides is 3. The van der Waals surface area contributed by atoms with Crippen LogP contribution in [0, 0.1) is 5.92 Å². The molecule has 0 radical (unpaired) electrons. The number of carbonyl (C=O) groups excluding carboxylic acids is 3. The number of benzene rings is 1. The third-order valence-corrected chi connectivity index (χ3v) is 4.83. The second-order valence-electron chi connectivity index (χ2n) is 6.90. The molecule has 3 rings (SSSR count). The van der Waals surface area contributed by atoms with E-state index in [9.17, 15) is 14.4 Å². The van der Waals surface area contributed by atoms with Gasteiger partial charge in [-0.15, -0.1) is 0 Å². The highest BCUT2D eigenvalue weighted by atomic mass is 16.5. The Bertz CT molecular complexity index is 799. The maximum atomic E-state index is 12.3. The second-order valence-corrected chi connectivity index (χ2v) is 6.90. The van der Waals surface area contributed by atoms with E-state index >= 15 is 0 Å². The van der Waals surface area contributed by atoms with Crippen molar-refractivity contribution in [3.63, 3.8) is 0 Å². The summed E-state index contributed by atoms with van der Waals surface area (Å²) in [6.45, 7) is 1.83. The van der Waals surface area contributed by atoms with Crippen molar-refractivity contribution in [1.82, 2.24) is 15.5 Å². The highest BCUT2D eigenvalue weighted by Crippen LogP contribution is 2.17. The van der Waals surface area contributed by atoms with Gasteiger partial charge in [-0.25, -0.2) is 0 Å². The van der Waals surface area contributed by atoms with Gasteiger partial charge in [-0.1, -0.05) is 18.2 Å². The first-order valence-electron chi connectivity index (χ1n) is 9.66. The molecule has 2 N–H and O–H groups in total. The van der Waals surface area contributed by atoms with E-state index in [1.807, 2.05) is 30.3 Å². The summed E-state index contributed by atoms with van der Waals surface area (Å²) in [5.41, 5.74) is 0. The van der Waals surface area contributed by atoms with E-state index in [0.29, 0.717) is 31.1 Å². The number of rotatable bonds is 7. The molecular formula is C21H25N3O5. The minimum atomic E-state index is -0.688. The number of nitrogens with one attached hydrogen (secondary N) is 2. The fourth-order valence-electron chi connectivity index (χ4n) is 3.12. The van der Waals surface area contributed by atoms with Crippen molar-refractivity contribution in [2.45, 2.75) is 19.4 Å². The number of para-hydroxylation sites is 1. The Balaban J connectivity index is 1.31. The minimum absolute atomic E-state index is 0.0151. The van der Waals surface area contributed by atoms with E-state index < -0.39 is 11.8 Å². The van der Waals surface area contributed by atoms with E-state index in [1.54, 1.807) is 17.0 Å². The first kappa shape index (κ1) is 20.4. The summed E-state index contributed by atoms with van der Waals surface area (Å²) in [6.07, 6.45) is 3.04. The molecule has 1 aromatic heterocycles. The molecule has 1 aliphatic heterocycles. The summed E-state index contributed by atoms with van der Waals surface area (Å²) in [6, 6.07) is 12.7. The summed E-state index contributed by atoms with van der Waals surface area (Å²) in [5, 5.41) is 5.17. The van der Waals surface area contributed by atoms with Crippen molar-refractivity contribution >= 4 is 17.7 Å². The van der Waals surface area contributed by atoms with Gasteiger partial charge in [-0.05, 0) is 43.0 Å². The zero-order valence-corrected chi connectivity index (χ0v) is 16.1. The van der Waals surface area contributed by atoms with Gasteiger partial charge in [-0.2, -0.15) is 0 Å². The summed E-state index contributed by atoms with van der Waals surface area (Å²) >= 11 is 0. The van der Waals surface area contributed by atoms with Crippen LogP contribution in [-0.4, -0.2) is 48.9 Å². The standard InChI is InChI=1S/C21H25N3O5/c25-19(15-29-17-5-2-1-3-6-17)24-10-8-16(9-11-24)13-22-20(26)21(27)23-14-18-7-4-12-28-18/h1-7,12,16H,8-11,13-15H2,(H,22,26)(H,23,27). The predicted octanol–water partition coefficient (Wildman–Crippen LogP) is 1.33. The quantitative estimate of drug-likeness (QED) is 0.684. The Labute approximate surface area is 169 Å². The molecule has 1 fully saturated rings. The van der Waals surface area contributed by atoms with E-state index in [4.69, 9.17) is 9.15 Å². The molecule has 1 aliphatic rings. The summed E-state index contributed by atoms with van der Waals surface area (Å²) < 4.78 is 10.6. The third kappa shape index (κ3) is 6.38. The van der Waals surface area contributed by atoms with Crippen molar-refractivity contribution in [3.05, 3.63) is 54.5 Å². The number of hydrogen-bond donors (Lipinski definition) is 2. The first-order chi connectivity index (χ1) is 14.1. The smallest absolute Gasteiger partial charge is 0.309 e. The number of ether oxygens (including phenoxy) is 1. The van der Waals surface area contributed by atoms with Crippen LogP contribution in [0.3, 0.4) is 0 Å². The Kier molecular flexibility index (Phi) is 7.27. The minimum Gasteiger partial charge on any atom is -0.484 e. The number of carbonyl (C=O) groups is 3. The lowest BCUT2D eigenvalue weighted by molar-refractivity contribution is -0.139. The lowest BCUT2D eigenvalue weighted by atomic mass is 9.97. The Morgan fingerprint density at radius 3 is 2.41 bits per heavy atom. The Morgan fingerprint density at radius 2 is 1.72 bits per heavy atom. The zero-order chi connectivity index (χ0) is 20.5. The number of likely N-dealkylation sites (tertiary alicyclic amines) is 1. The van der Waals surface area contributed by atoms with Gasteiger partial charge in [-0.3, -0.25) is 14.4 Å². The second kappa shape index (κ2) is 10.3. The van der Waals surface area contributed by atoms with Gasteiger partial charge in [0, 0.05) is 19.6 Å². The highest BCUT2D eigenvalue weighted by molar-refractivity contribution is 6.35. The van der Waals surface area contributed by atoms with Crippen LogP contribution >= 0.6 is 0 Å². The van der Waals surface area contributed by atoms with Crippen LogP contribution in [0.2, 0.25) is 0 Å². The fraction of sp³-hybridized carbons (Fsp3) is 0.381. The summed E-state index contributed by atoms with van der Waals surface area (Å²) in [4.78, 5) is 37.8. The van der Waals surface area contributed by atoms with Crippen molar-refractivity contribution in [1.29, 1.82) is 0 Å². The number of piperidine rings is 1. The monoisotopic (exact) mass is 399 g/mol. The van der Waals surface area contributed by atoms with Gasteiger partial charge in [0.1, 0.15) is 11.5 Å². The molecule has 0 atom stereocenters. The van der Waals surface area contributed by atoms with Crippen molar-refractivity contribution in [2.24, 2.45) is 5.92 Å². The van der Waals surface area contributed by atoms with Crippen LogP contribution in [0.25, 0.3) is 0 Å². The van der Waals surface area contributed by atoms with Gasteiger partial charge in [0.2, 0.25) is 0 Å². The fourth-order valence-corrected chi connectivity index (χ4v) is 3.12. The van der Waals surface area contributed by atoms with Crippen LogP contribution in [0.1, 0.15) is 18.6 Å². The van der Waals surface area contributed by atoms with Gasteiger partial charge in [0.25, 0.3) is 5.91 Å². The SMILES string of the molecule is O=C(NCc1ccco1)C(=O)NCC1CCN(C(=O)COc2ccccc2)CC1. The molecule has 2 heterocycles. The predicted molar refractivity (Wildman–Crippen MR) is 105 cm³/mol. The van der Waals surface area contributed by atoms with E-state index in [1.165, 1.54) is 6.26 Å². The molecule has 8 heteroatoms. The molecular weight excluding hydrogens is 374 g/mol. The average Bonchev–Trinajstić information content (AvgIpc) is 3.29. The molecule has 1 saturated heterocycles. The number of nitrogens with zero attached hydrogens (tertiary/aromatic N) is 1. The third-order valence-electron chi connectivity index (χ3n) is 4.83.